The van der Waals surface area contributed by atoms with E-state index in [4.69, 9.17) is 9.47 Å². The van der Waals surface area contributed by atoms with Crippen LogP contribution in [0.15, 0.2) is 47.4 Å². The van der Waals surface area contributed by atoms with Crippen LogP contribution in [0.4, 0.5) is 5.69 Å². The fourth-order valence-corrected chi connectivity index (χ4v) is 3.67. The Labute approximate surface area is 193 Å². The Balaban J connectivity index is 2.07. The first-order chi connectivity index (χ1) is 15.1. The second-order valence-electron chi connectivity index (χ2n) is 8.17. The normalized spacial score (nSPS) is 11.9. The zero-order chi connectivity index (χ0) is 23.9. The van der Waals surface area contributed by atoms with Crippen molar-refractivity contribution in [3.05, 3.63) is 48.0 Å². The number of methoxy groups -OCH3 is 2. The third-order valence-corrected chi connectivity index (χ3v) is 5.88. The van der Waals surface area contributed by atoms with Gasteiger partial charge in [-0.2, -0.15) is 0 Å². The van der Waals surface area contributed by atoms with E-state index < -0.39 is 10.7 Å². The summed E-state index contributed by atoms with van der Waals surface area (Å²) in [6.07, 6.45) is 0. The highest BCUT2D eigenvalue weighted by molar-refractivity contribution is 8.00. The number of hydrogen-bond donors (Lipinski definition) is 2. The van der Waals surface area contributed by atoms with Gasteiger partial charge >= 0.3 is 0 Å². The lowest BCUT2D eigenvalue weighted by Gasteiger charge is -2.18. The van der Waals surface area contributed by atoms with Crippen LogP contribution < -0.4 is 20.1 Å². The van der Waals surface area contributed by atoms with Gasteiger partial charge in [0.25, 0.3) is 5.91 Å². The van der Waals surface area contributed by atoms with Crippen molar-refractivity contribution in [2.24, 2.45) is 5.41 Å². The van der Waals surface area contributed by atoms with Crippen LogP contribution in [0.25, 0.3) is 0 Å². The van der Waals surface area contributed by atoms with Crippen LogP contribution in [0.1, 0.15) is 38.1 Å². The number of ether oxygens (including phenoxy) is 2. The quantitative estimate of drug-likeness (QED) is 0.548. The van der Waals surface area contributed by atoms with Gasteiger partial charge in [0, 0.05) is 22.1 Å². The van der Waals surface area contributed by atoms with E-state index in [2.05, 4.69) is 10.6 Å². The first kappa shape index (κ1) is 25.3. The molecule has 0 aromatic heterocycles. The molecule has 0 bridgehead atoms. The summed E-state index contributed by atoms with van der Waals surface area (Å²) in [7, 11) is 3.07. The number of carbonyl (C=O) groups is 3. The topological polar surface area (TPSA) is 93.7 Å². The molecule has 1 atom stereocenters. The molecule has 0 spiro atoms. The lowest BCUT2D eigenvalue weighted by molar-refractivity contribution is -0.125. The summed E-state index contributed by atoms with van der Waals surface area (Å²) in [5, 5.41) is 5.06. The molecule has 0 heterocycles. The Kier molecular flexibility index (Phi) is 8.72. The summed E-state index contributed by atoms with van der Waals surface area (Å²) in [6.45, 7) is 7.15. The number of ketones is 1. The number of nitrogens with one attached hydrogen (secondary N) is 2. The molecule has 0 aliphatic rings. The Morgan fingerprint density at radius 3 is 2.28 bits per heavy atom. The largest absolute Gasteiger partial charge is 0.493 e. The lowest BCUT2D eigenvalue weighted by Crippen LogP contribution is -2.35. The fraction of sp³-hybridized carbons (Fsp3) is 0.375. The summed E-state index contributed by atoms with van der Waals surface area (Å²) in [5.41, 5.74) is 0.468. The molecule has 0 saturated carbocycles. The van der Waals surface area contributed by atoms with Crippen molar-refractivity contribution in [3.8, 4) is 11.5 Å². The predicted octanol–water partition coefficient (Wildman–Crippen LogP) is 4.17. The number of thioether (sulfide) groups is 1. The van der Waals surface area contributed by atoms with E-state index in [-0.39, 0.29) is 24.1 Å². The van der Waals surface area contributed by atoms with Crippen molar-refractivity contribution < 1.29 is 23.9 Å². The smallest absolute Gasteiger partial charge is 0.252 e. The highest BCUT2D eigenvalue weighted by Crippen LogP contribution is 2.31. The highest BCUT2D eigenvalue weighted by atomic mass is 32.2. The average Bonchev–Trinajstić information content (AvgIpc) is 2.76. The Morgan fingerprint density at radius 2 is 1.66 bits per heavy atom. The van der Waals surface area contributed by atoms with Crippen molar-refractivity contribution in [1.82, 2.24) is 5.32 Å². The maximum Gasteiger partial charge on any atom is 0.252 e. The second-order valence-corrected chi connectivity index (χ2v) is 9.55. The Morgan fingerprint density at radius 1 is 1.00 bits per heavy atom. The number of rotatable bonds is 9. The zero-order valence-corrected chi connectivity index (χ0v) is 20.1. The van der Waals surface area contributed by atoms with Gasteiger partial charge in [0.15, 0.2) is 17.3 Å². The summed E-state index contributed by atoms with van der Waals surface area (Å²) < 4.78 is 10.5. The molecule has 2 aromatic carbocycles. The van der Waals surface area contributed by atoms with Crippen LogP contribution >= 0.6 is 11.8 Å². The van der Waals surface area contributed by atoms with Gasteiger partial charge in [0.1, 0.15) is 0 Å². The van der Waals surface area contributed by atoms with Crippen molar-refractivity contribution in [3.63, 3.8) is 0 Å². The fourth-order valence-electron chi connectivity index (χ4n) is 2.68. The van der Waals surface area contributed by atoms with Gasteiger partial charge in [-0.15, -0.1) is 11.8 Å². The molecule has 32 heavy (non-hydrogen) atoms. The molecule has 7 nitrogen and oxygen atoms in total. The van der Waals surface area contributed by atoms with Gasteiger partial charge in [-0.3, -0.25) is 14.4 Å². The highest BCUT2D eigenvalue weighted by Gasteiger charge is 2.23. The van der Waals surface area contributed by atoms with E-state index >= 15 is 0 Å². The van der Waals surface area contributed by atoms with E-state index in [0.29, 0.717) is 27.6 Å². The maximum atomic E-state index is 12.7. The number of hydrogen-bond acceptors (Lipinski definition) is 6. The van der Waals surface area contributed by atoms with Gasteiger partial charge in [0.2, 0.25) is 5.91 Å². The summed E-state index contributed by atoms with van der Waals surface area (Å²) in [4.78, 5) is 38.2. The summed E-state index contributed by atoms with van der Waals surface area (Å²) >= 11 is 1.27. The van der Waals surface area contributed by atoms with Gasteiger partial charge in [0.05, 0.1) is 31.6 Å². The molecule has 0 aliphatic heterocycles. The molecule has 0 fully saturated rings. The van der Waals surface area contributed by atoms with E-state index in [1.807, 2.05) is 20.8 Å². The molecule has 172 valence electrons. The first-order valence-electron chi connectivity index (χ1n) is 10.2. The van der Waals surface area contributed by atoms with Gasteiger partial charge in [-0.05, 0) is 31.2 Å². The van der Waals surface area contributed by atoms with E-state index in [1.54, 1.807) is 56.5 Å². The number of Topliss-reactive ketones (excluding diaryl/α,β-unsaturated/α-hetero) is 1. The van der Waals surface area contributed by atoms with Crippen LogP contribution in [0.2, 0.25) is 0 Å². The van der Waals surface area contributed by atoms with Gasteiger partial charge in [-0.1, -0.05) is 32.9 Å². The van der Waals surface area contributed by atoms with Gasteiger partial charge < -0.3 is 20.1 Å². The van der Waals surface area contributed by atoms with E-state index in [1.165, 1.54) is 18.9 Å². The van der Waals surface area contributed by atoms with Gasteiger partial charge in [-0.25, -0.2) is 0 Å². The van der Waals surface area contributed by atoms with Crippen LogP contribution in [0.3, 0.4) is 0 Å². The molecular formula is C24H30N2O5S. The van der Waals surface area contributed by atoms with E-state index in [9.17, 15) is 14.4 Å². The number of carbonyl (C=O) groups excluding carboxylic acids is 3. The number of amides is 2. The monoisotopic (exact) mass is 458 g/mol. The molecule has 2 N–H and O–H groups in total. The molecule has 2 aromatic rings. The second kappa shape index (κ2) is 11.0. The SMILES string of the molecule is COc1ccc(NC(=O)[C@H](C)Sc2ccccc2C(=O)NCC(=O)C(C)(C)C)cc1OC. The molecule has 2 amide bonds. The van der Waals surface area contributed by atoms with Crippen molar-refractivity contribution in [2.45, 2.75) is 37.8 Å². The standard InChI is InChI=1S/C24H30N2O5S/c1-15(22(28)26-16-11-12-18(30-5)19(13-16)31-6)32-20-10-8-7-9-17(20)23(29)25-14-21(27)24(2,3)4/h7-13,15H,14H2,1-6H3,(H,25,29)(H,26,28)/t15-/m0/s1. The third-order valence-electron chi connectivity index (χ3n) is 4.70. The minimum atomic E-state index is -0.529. The Hall–Kier alpha value is -3.00. The molecule has 2 rings (SSSR count). The first-order valence-corrected chi connectivity index (χ1v) is 11.0. The Bertz CT molecular complexity index is 985. The molecule has 8 heteroatoms. The molecule has 0 aliphatic carbocycles. The third kappa shape index (κ3) is 6.75. The zero-order valence-electron chi connectivity index (χ0n) is 19.3. The maximum absolute atomic E-state index is 12.7. The molecule has 0 radical (unpaired) electrons. The number of anilines is 1. The molecular weight excluding hydrogens is 428 g/mol. The summed E-state index contributed by atoms with van der Waals surface area (Å²) in [5.74, 6) is 0.451. The lowest BCUT2D eigenvalue weighted by atomic mass is 9.91. The minimum Gasteiger partial charge on any atom is -0.493 e. The van der Waals surface area contributed by atoms with Crippen LogP contribution in [-0.2, 0) is 9.59 Å². The molecule has 0 unspecified atom stereocenters. The molecule has 0 saturated heterocycles. The van der Waals surface area contributed by atoms with Crippen LogP contribution in [-0.4, -0.2) is 43.6 Å². The van der Waals surface area contributed by atoms with Crippen molar-refractivity contribution in [1.29, 1.82) is 0 Å². The van der Waals surface area contributed by atoms with E-state index in [0.717, 1.165) is 0 Å². The summed E-state index contributed by atoms with van der Waals surface area (Å²) in [6, 6.07) is 12.1. The van der Waals surface area contributed by atoms with Crippen molar-refractivity contribution in [2.75, 3.05) is 26.1 Å². The van der Waals surface area contributed by atoms with Crippen LogP contribution in [0, 0.1) is 5.41 Å². The predicted molar refractivity (Wildman–Crippen MR) is 127 cm³/mol. The number of benzene rings is 2. The van der Waals surface area contributed by atoms with Crippen LogP contribution in [0.5, 0.6) is 11.5 Å². The van der Waals surface area contributed by atoms with Crippen molar-refractivity contribution >= 4 is 35.0 Å². The average molecular weight is 459 g/mol. The minimum absolute atomic E-state index is 0.0450.